The van der Waals surface area contributed by atoms with Gasteiger partial charge in [0.15, 0.2) is 15.7 Å². The van der Waals surface area contributed by atoms with E-state index in [2.05, 4.69) is 27.1 Å². The summed E-state index contributed by atoms with van der Waals surface area (Å²) in [5.74, 6) is -0.273. The number of allylic oxidation sites excluding steroid dienone is 1. The lowest BCUT2D eigenvalue weighted by molar-refractivity contribution is 0.102. The van der Waals surface area contributed by atoms with E-state index in [-0.39, 0.29) is 5.56 Å². The molecular weight excluding hydrogens is 399 g/mol. The fourth-order valence-electron chi connectivity index (χ4n) is 2.63. The third-order valence-electron chi connectivity index (χ3n) is 3.98. The lowest BCUT2D eigenvalue weighted by Gasteiger charge is -2.13. The molecule has 1 amide bonds. The summed E-state index contributed by atoms with van der Waals surface area (Å²) in [5.41, 5.74) is 1.33. The van der Waals surface area contributed by atoms with Gasteiger partial charge in [-0.15, -0.1) is 6.58 Å². The van der Waals surface area contributed by atoms with Gasteiger partial charge in [0, 0.05) is 26.2 Å². The molecule has 1 aromatic carbocycles. The van der Waals surface area contributed by atoms with Gasteiger partial charge in [-0.2, -0.15) is 5.10 Å². The molecule has 0 fully saturated rings. The van der Waals surface area contributed by atoms with E-state index in [1.165, 1.54) is 17.4 Å². The smallest absolute Gasteiger partial charge is 0.257 e. The van der Waals surface area contributed by atoms with Crippen molar-refractivity contribution in [3.8, 4) is 10.7 Å². The molecule has 0 atom stereocenters. The summed E-state index contributed by atoms with van der Waals surface area (Å²) >= 11 is 6.51. The van der Waals surface area contributed by atoms with Crippen molar-refractivity contribution in [2.24, 2.45) is 0 Å². The monoisotopic (exact) mass is 418 g/mol. The highest BCUT2D eigenvalue weighted by atomic mass is 32.1. The van der Waals surface area contributed by atoms with E-state index in [0.29, 0.717) is 33.7 Å². The Bertz CT molecular complexity index is 1100. The van der Waals surface area contributed by atoms with E-state index < -0.39 is 11.7 Å². The van der Waals surface area contributed by atoms with Crippen molar-refractivity contribution >= 4 is 40.3 Å². The largest absolute Gasteiger partial charge is 0.375 e. The number of hydrogen-bond acceptors (Lipinski definition) is 6. The number of aromatic nitrogens is 4. The molecule has 2 aromatic heterocycles. The van der Waals surface area contributed by atoms with Gasteiger partial charge in [-0.05, 0) is 37.3 Å². The Hall–Kier alpha value is -2.85. The molecule has 28 heavy (non-hydrogen) atoms. The Kier molecular flexibility index (Phi) is 5.71. The molecule has 0 spiro atoms. The minimum atomic E-state index is -0.464. The molecule has 2 heterocycles. The standard InChI is InChI=1S/C18H19FN6OS2/c1-5-8-25-15(22-23-18(25)27)14-10(2)20-17(28-14)21-16(26)11-6-7-13(24(3)4)12(19)9-11/h5-7,9H,1,8H2,2-4H3,(H,23,27)(H,20,21,26). The highest BCUT2D eigenvalue weighted by Gasteiger charge is 2.18. The number of H-pyrrole nitrogens is 1. The van der Waals surface area contributed by atoms with Crippen LogP contribution in [0.3, 0.4) is 0 Å². The van der Waals surface area contributed by atoms with Crippen LogP contribution in [0.2, 0.25) is 0 Å². The van der Waals surface area contributed by atoms with Gasteiger partial charge in [0.05, 0.1) is 16.3 Å². The van der Waals surface area contributed by atoms with Gasteiger partial charge in [0.1, 0.15) is 5.82 Å². The number of rotatable bonds is 6. The number of carbonyl (C=O) groups excluding carboxylic acids is 1. The van der Waals surface area contributed by atoms with E-state index in [1.54, 1.807) is 41.8 Å². The van der Waals surface area contributed by atoms with Gasteiger partial charge < -0.3 is 4.90 Å². The first-order valence-corrected chi connectivity index (χ1v) is 9.56. The van der Waals surface area contributed by atoms with Crippen LogP contribution in [0, 0.1) is 17.5 Å². The third kappa shape index (κ3) is 3.87. The molecule has 0 saturated carbocycles. The third-order valence-corrected chi connectivity index (χ3v) is 5.36. The maximum Gasteiger partial charge on any atom is 0.257 e. The van der Waals surface area contributed by atoms with Crippen molar-refractivity contribution in [1.29, 1.82) is 0 Å². The number of thiazole rings is 1. The van der Waals surface area contributed by atoms with Crippen LogP contribution in [0.5, 0.6) is 0 Å². The predicted octanol–water partition coefficient (Wildman–Crippen LogP) is 4.02. The Balaban J connectivity index is 1.86. The summed E-state index contributed by atoms with van der Waals surface area (Å²) in [6.07, 6.45) is 1.72. The Labute approximate surface area is 170 Å². The van der Waals surface area contributed by atoms with Crippen LogP contribution in [0.25, 0.3) is 10.7 Å². The zero-order valence-corrected chi connectivity index (χ0v) is 17.2. The summed E-state index contributed by atoms with van der Waals surface area (Å²) in [4.78, 5) is 19.3. The zero-order chi connectivity index (χ0) is 20.4. The first-order valence-electron chi connectivity index (χ1n) is 8.34. The van der Waals surface area contributed by atoms with E-state index in [0.717, 1.165) is 4.88 Å². The van der Waals surface area contributed by atoms with Gasteiger partial charge in [-0.3, -0.25) is 19.8 Å². The molecule has 10 heteroatoms. The van der Waals surface area contributed by atoms with Gasteiger partial charge in [-0.1, -0.05) is 17.4 Å². The van der Waals surface area contributed by atoms with Crippen LogP contribution in [-0.2, 0) is 6.54 Å². The first kappa shape index (κ1) is 19.9. The highest BCUT2D eigenvalue weighted by Crippen LogP contribution is 2.32. The van der Waals surface area contributed by atoms with Crippen molar-refractivity contribution in [2.45, 2.75) is 13.5 Å². The highest BCUT2D eigenvalue weighted by molar-refractivity contribution is 7.71. The number of halogens is 1. The van der Waals surface area contributed by atoms with Crippen molar-refractivity contribution < 1.29 is 9.18 Å². The van der Waals surface area contributed by atoms with Crippen molar-refractivity contribution in [1.82, 2.24) is 19.7 Å². The molecule has 2 N–H and O–H groups in total. The van der Waals surface area contributed by atoms with E-state index in [4.69, 9.17) is 12.2 Å². The second-order valence-corrected chi connectivity index (χ2v) is 7.59. The molecule has 0 unspecified atom stereocenters. The number of anilines is 2. The maximum atomic E-state index is 14.1. The first-order chi connectivity index (χ1) is 13.3. The average molecular weight is 419 g/mol. The van der Waals surface area contributed by atoms with E-state index >= 15 is 0 Å². The number of amides is 1. The summed E-state index contributed by atoms with van der Waals surface area (Å²) < 4.78 is 16.4. The number of aromatic amines is 1. The van der Waals surface area contributed by atoms with E-state index in [9.17, 15) is 9.18 Å². The van der Waals surface area contributed by atoms with Gasteiger partial charge >= 0.3 is 0 Å². The van der Waals surface area contributed by atoms with Crippen LogP contribution < -0.4 is 10.2 Å². The molecule has 0 aliphatic rings. The summed E-state index contributed by atoms with van der Waals surface area (Å²) in [6, 6.07) is 4.35. The summed E-state index contributed by atoms with van der Waals surface area (Å²) in [5, 5.41) is 10.1. The molecule has 0 aliphatic heterocycles. The van der Waals surface area contributed by atoms with Gasteiger partial charge in [0.2, 0.25) is 0 Å². The summed E-state index contributed by atoms with van der Waals surface area (Å²) in [6.45, 7) is 6.05. The molecule has 0 aliphatic carbocycles. The second kappa shape index (κ2) is 8.03. The van der Waals surface area contributed by atoms with Crippen molar-refractivity contribution in [2.75, 3.05) is 24.3 Å². The molecule has 7 nitrogen and oxygen atoms in total. The second-order valence-electron chi connectivity index (χ2n) is 6.20. The number of hydrogen-bond donors (Lipinski definition) is 2. The quantitative estimate of drug-likeness (QED) is 0.467. The fourth-order valence-corrected chi connectivity index (χ4v) is 3.79. The summed E-state index contributed by atoms with van der Waals surface area (Å²) in [7, 11) is 3.47. The van der Waals surface area contributed by atoms with Crippen molar-refractivity contribution in [3.63, 3.8) is 0 Å². The number of carbonyl (C=O) groups is 1. The van der Waals surface area contributed by atoms with Crippen LogP contribution in [0.4, 0.5) is 15.2 Å². The van der Waals surface area contributed by atoms with Gasteiger partial charge in [0.25, 0.3) is 5.91 Å². The lowest BCUT2D eigenvalue weighted by atomic mass is 10.2. The van der Waals surface area contributed by atoms with Gasteiger partial charge in [-0.25, -0.2) is 9.37 Å². The lowest BCUT2D eigenvalue weighted by Crippen LogP contribution is -2.14. The Morgan fingerprint density at radius 1 is 1.50 bits per heavy atom. The van der Waals surface area contributed by atoms with Crippen LogP contribution in [0.1, 0.15) is 16.1 Å². The van der Waals surface area contributed by atoms with Crippen LogP contribution in [0.15, 0.2) is 30.9 Å². The van der Waals surface area contributed by atoms with Crippen molar-refractivity contribution in [3.05, 3.63) is 52.7 Å². The number of benzene rings is 1. The minimum absolute atomic E-state index is 0.215. The van der Waals surface area contributed by atoms with E-state index in [1.807, 2.05) is 6.92 Å². The number of nitrogens with zero attached hydrogens (tertiary/aromatic N) is 4. The number of nitrogens with one attached hydrogen (secondary N) is 2. The van der Waals surface area contributed by atoms with Crippen LogP contribution in [-0.4, -0.2) is 39.8 Å². The number of aryl methyl sites for hydroxylation is 1. The molecule has 0 bridgehead atoms. The topological polar surface area (TPSA) is 78.8 Å². The molecule has 3 rings (SSSR count). The predicted molar refractivity (Wildman–Crippen MR) is 112 cm³/mol. The molecular formula is C18H19FN6OS2. The minimum Gasteiger partial charge on any atom is -0.375 e. The normalized spacial score (nSPS) is 10.7. The SMILES string of the molecule is C=CCn1c(-c2sc(NC(=O)c3ccc(N(C)C)c(F)c3)nc2C)n[nH]c1=S. The zero-order valence-electron chi connectivity index (χ0n) is 15.6. The molecule has 0 radical (unpaired) electrons. The maximum absolute atomic E-state index is 14.1. The molecule has 146 valence electrons. The fraction of sp³-hybridized carbons (Fsp3) is 0.222. The average Bonchev–Trinajstić information content (AvgIpc) is 3.17. The van der Waals surface area contributed by atoms with Crippen LogP contribution >= 0.6 is 23.6 Å². The molecule has 3 aromatic rings. The molecule has 0 saturated heterocycles. The Morgan fingerprint density at radius 3 is 2.89 bits per heavy atom. The Morgan fingerprint density at radius 2 is 2.25 bits per heavy atom.